The van der Waals surface area contributed by atoms with Gasteiger partial charge in [0.05, 0.1) is 12.7 Å². The summed E-state index contributed by atoms with van der Waals surface area (Å²) in [5.74, 6) is -0.101. The van der Waals surface area contributed by atoms with Gasteiger partial charge in [0.25, 0.3) is 0 Å². The van der Waals surface area contributed by atoms with Gasteiger partial charge in [0.15, 0.2) is 0 Å². The zero-order valence-corrected chi connectivity index (χ0v) is 9.14. The van der Waals surface area contributed by atoms with Gasteiger partial charge in [-0.15, -0.1) is 0 Å². The number of nitrogens with zero attached hydrogens (tertiary/aromatic N) is 2. The summed E-state index contributed by atoms with van der Waals surface area (Å²) in [4.78, 5) is 3.96. The average Bonchev–Trinajstić information content (AvgIpc) is 2.38. The third-order valence-electron chi connectivity index (χ3n) is 2.38. The molecule has 0 bridgehead atoms. The SMILES string of the molecule is COc1cc(-c2cccc(F)c2C#N)ccn1. The van der Waals surface area contributed by atoms with Gasteiger partial charge in [-0.25, -0.2) is 9.37 Å². The zero-order chi connectivity index (χ0) is 12.3. The smallest absolute Gasteiger partial charge is 0.213 e. The van der Waals surface area contributed by atoms with Crippen LogP contribution in [-0.4, -0.2) is 12.1 Å². The Morgan fingerprint density at radius 3 is 2.88 bits per heavy atom. The van der Waals surface area contributed by atoms with Gasteiger partial charge in [-0.05, 0) is 17.7 Å². The number of hydrogen-bond donors (Lipinski definition) is 0. The van der Waals surface area contributed by atoms with Gasteiger partial charge >= 0.3 is 0 Å². The van der Waals surface area contributed by atoms with Gasteiger partial charge in [-0.3, -0.25) is 0 Å². The molecule has 4 heteroatoms. The van der Waals surface area contributed by atoms with Crippen LogP contribution in [-0.2, 0) is 0 Å². The molecule has 1 heterocycles. The molecule has 2 aromatic rings. The van der Waals surface area contributed by atoms with Crippen molar-refractivity contribution in [3.8, 4) is 23.1 Å². The van der Waals surface area contributed by atoms with Crippen LogP contribution in [0.15, 0.2) is 36.5 Å². The normalized spacial score (nSPS) is 9.71. The van der Waals surface area contributed by atoms with E-state index >= 15 is 0 Å². The summed E-state index contributed by atoms with van der Waals surface area (Å²) < 4.78 is 18.4. The second kappa shape index (κ2) is 4.62. The van der Waals surface area contributed by atoms with Crippen molar-refractivity contribution in [3.63, 3.8) is 0 Å². The van der Waals surface area contributed by atoms with Crippen molar-refractivity contribution in [1.29, 1.82) is 5.26 Å². The number of benzene rings is 1. The lowest BCUT2D eigenvalue weighted by atomic mass is 10.0. The fourth-order valence-corrected chi connectivity index (χ4v) is 1.57. The molecule has 17 heavy (non-hydrogen) atoms. The quantitative estimate of drug-likeness (QED) is 0.793. The number of nitriles is 1. The standard InChI is InChI=1S/C13H9FN2O/c1-17-13-7-9(5-6-16-13)10-3-2-4-12(14)11(10)8-15/h2-7H,1H3. The van der Waals surface area contributed by atoms with Crippen molar-refractivity contribution >= 4 is 0 Å². The van der Waals surface area contributed by atoms with E-state index in [0.29, 0.717) is 17.0 Å². The van der Waals surface area contributed by atoms with Crippen LogP contribution in [0, 0.1) is 17.1 Å². The van der Waals surface area contributed by atoms with Crippen LogP contribution in [0.5, 0.6) is 5.88 Å². The Kier molecular flexibility index (Phi) is 3.01. The monoisotopic (exact) mass is 228 g/mol. The first kappa shape index (κ1) is 11.1. The Bertz CT molecular complexity index is 590. The van der Waals surface area contributed by atoms with E-state index in [2.05, 4.69) is 4.98 Å². The number of methoxy groups -OCH3 is 1. The average molecular weight is 228 g/mol. The maximum atomic E-state index is 13.4. The number of ether oxygens (including phenoxy) is 1. The summed E-state index contributed by atoms with van der Waals surface area (Å²) in [5.41, 5.74) is 1.27. The van der Waals surface area contributed by atoms with Gasteiger partial charge < -0.3 is 4.74 Å². The third kappa shape index (κ3) is 2.08. The van der Waals surface area contributed by atoms with Crippen molar-refractivity contribution in [2.75, 3.05) is 7.11 Å². The summed E-state index contributed by atoms with van der Waals surface area (Å²) in [6, 6.07) is 9.76. The molecule has 84 valence electrons. The van der Waals surface area contributed by atoms with Crippen LogP contribution in [0.1, 0.15) is 5.56 Å². The molecular weight excluding hydrogens is 219 g/mol. The van der Waals surface area contributed by atoms with Crippen molar-refractivity contribution < 1.29 is 9.13 Å². The highest BCUT2D eigenvalue weighted by atomic mass is 19.1. The maximum absolute atomic E-state index is 13.4. The van der Waals surface area contributed by atoms with E-state index in [4.69, 9.17) is 10.00 Å². The topological polar surface area (TPSA) is 45.9 Å². The molecule has 0 amide bonds. The van der Waals surface area contributed by atoms with E-state index in [9.17, 15) is 4.39 Å². The lowest BCUT2D eigenvalue weighted by Gasteiger charge is -2.06. The van der Waals surface area contributed by atoms with Gasteiger partial charge in [0, 0.05) is 17.8 Å². The van der Waals surface area contributed by atoms with Crippen LogP contribution in [0.25, 0.3) is 11.1 Å². The van der Waals surface area contributed by atoms with Gasteiger partial charge in [-0.1, -0.05) is 12.1 Å². The second-order valence-corrected chi connectivity index (χ2v) is 3.36. The largest absolute Gasteiger partial charge is 0.481 e. The van der Waals surface area contributed by atoms with Gasteiger partial charge in [0.2, 0.25) is 5.88 Å². The Morgan fingerprint density at radius 1 is 1.35 bits per heavy atom. The fourth-order valence-electron chi connectivity index (χ4n) is 1.57. The van der Waals surface area contributed by atoms with Crippen LogP contribution in [0.4, 0.5) is 4.39 Å². The highest BCUT2D eigenvalue weighted by molar-refractivity contribution is 5.71. The molecule has 2 rings (SSSR count). The highest BCUT2D eigenvalue weighted by Crippen LogP contribution is 2.26. The van der Waals surface area contributed by atoms with Crippen molar-refractivity contribution in [3.05, 3.63) is 47.9 Å². The lowest BCUT2D eigenvalue weighted by Crippen LogP contribution is -1.91. The molecule has 1 aromatic heterocycles. The molecule has 0 aliphatic carbocycles. The Labute approximate surface area is 98.1 Å². The Hall–Kier alpha value is -2.41. The fraction of sp³-hybridized carbons (Fsp3) is 0.0769. The number of pyridine rings is 1. The molecule has 0 atom stereocenters. The molecule has 1 aromatic carbocycles. The molecule has 3 nitrogen and oxygen atoms in total. The molecule has 0 N–H and O–H groups in total. The van der Waals surface area contributed by atoms with Crippen LogP contribution < -0.4 is 4.74 Å². The number of rotatable bonds is 2. The van der Waals surface area contributed by atoms with E-state index in [1.54, 1.807) is 30.5 Å². The van der Waals surface area contributed by atoms with E-state index < -0.39 is 5.82 Å². The second-order valence-electron chi connectivity index (χ2n) is 3.36. The molecule has 0 saturated heterocycles. The first-order chi connectivity index (χ1) is 8.26. The number of hydrogen-bond acceptors (Lipinski definition) is 3. The van der Waals surface area contributed by atoms with Crippen molar-refractivity contribution in [2.45, 2.75) is 0 Å². The van der Waals surface area contributed by atoms with Crippen molar-refractivity contribution in [1.82, 2.24) is 4.98 Å². The molecule has 0 fully saturated rings. The van der Waals surface area contributed by atoms with E-state index in [0.717, 1.165) is 0 Å². The number of aromatic nitrogens is 1. The zero-order valence-electron chi connectivity index (χ0n) is 9.14. The van der Waals surface area contributed by atoms with Crippen LogP contribution in [0.3, 0.4) is 0 Å². The first-order valence-corrected chi connectivity index (χ1v) is 4.95. The predicted molar refractivity (Wildman–Crippen MR) is 60.9 cm³/mol. The van der Waals surface area contributed by atoms with Crippen LogP contribution in [0.2, 0.25) is 0 Å². The molecule has 0 aliphatic heterocycles. The summed E-state index contributed by atoms with van der Waals surface area (Å²) in [7, 11) is 1.50. The molecule has 0 unspecified atom stereocenters. The molecule has 0 spiro atoms. The minimum atomic E-state index is -0.527. The van der Waals surface area contributed by atoms with Crippen molar-refractivity contribution in [2.24, 2.45) is 0 Å². The highest BCUT2D eigenvalue weighted by Gasteiger charge is 2.10. The lowest BCUT2D eigenvalue weighted by molar-refractivity contribution is 0.398. The molecule has 0 aliphatic rings. The maximum Gasteiger partial charge on any atom is 0.213 e. The van der Waals surface area contributed by atoms with Gasteiger partial charge in [0.1, 0.15) is 11.9 Å². The summed E-state index contributed by atoms with van der Waals surface area (Å²) in [5, 5.41) is 8.95. The summed E-state index contributed by atoms with van der Waals surface area (Å²) in [6.45, 7) is 0. The third-order valence-corrected chi connectivity index (χ3v) is 2.38. The molecular formula is C13H9FN2O. The predicted octanol–water partition coefficient (Wildman–Crippen LogP) is 2.77. The number of halogens is 1. The Morgan fingerprint density at radius 2 is 2.18 bits per heavy atom. The minimum Gasteiger partial charge on any atom is -0.481 e. The van der Waals surface area contributed by atoms with E-state index in [1.165, 1.54) is 13.2 Å². The summed E-state index contributed by atoms with van der Waals surface area (Å²) in [6.07, 6.45) is 1.56. The summed E-state index contributed by atoms with van der Waals surface area (Å²) >= 11 is 0. The van der Waals surface area contributed by atoms with Crippen LogP contribution >= 0.6 is 0 Å². The van der Waals surface area contributed by atoms with Gasteiger partial charge in [-0.2, -0.15) is 5.26 Å². The van der Waals surface area contributed by atoms with E-state index in [-0.39, 0.29) is 5.56 Å². The minimum absolute atomic E-state index is 0.0285. The Balaban J connectivity index is 2.61. The molecule has 0 radical (unpaired) electrons. The molecule has 0 saturated carbocycles. The first-order valence-electron chi connectivity index (χ1n) is 4.95. The van der Waals surface area contributed by atoms with E-state index in [1.807, 2.05) is 6.07 Å².